The van der Waals surface area contributed by atoms with Crippen LogP contribution < -0.4 is 15.8 Å². The zero-order chi connectivity index (χ0) is 14.8. The van der Waals surface area contributed by atoms with Gasteiger partial charge in [0.05, 0.1) is 0 Å². The summed E-state index contributed by atoms with van der Waals surface area (Å²) in [7, 11) is 1.77. The van der Waals surface area contributed by atoms with Crippen molar-refractivity contribution in [2.24, 2.45) is 13.0 Å². The van der Waals surface area contributed by atoms with Crippen LogP contribution in [0, 0.1) is 5.92 Å². The first-order valence-corrected chi connectivity index (χ1v) is 7.38. The van der Waals surface area contributed by atoms with Gasteiger partial charge in [-0.15, -0.1) is 0 Å². The highest BCUT2D eigenvalue weighted by atomic mass is 16.1. The van der Waals surface area contributed by atoms with Crippen molar-refractivity contribution < 1.29 is 0 Å². The van der Waals surface area contributed by atoms with Crippen LogP contribution in [0.5, 0.6) is 0 Å². The Morgan fingerprint density at radius 3 is 2.60 bits per heavy atom. The summed E-state index contributed by atoms with van der Waals surface area (Å²) in [5, 5.41) is 3.57. The predicted octanol–water partition coefficient (Wildman–Crippen LogP) is 1.38. The molecule has 0 atom stereocenters. The number of piperidine rings is 1. The van der Waals surface area contributed by atoms with Crippen LogP contribution in [0.15, 0.2) is 17.2 Å². The molecule has 1 aromatic heterocycles. The number of aromatic nitrogens is 2. The first-order chi connectivity index (χ1) is 9.37. The Labute approximate surface area is 121 Å². The first kappa shape index (κ1) is 15.0. The zero-order valence-electron chi connectivity index (χ0n) is 13.0. The van der Waals surface area contributed by atoms with Crippen LogP contribution in [0.3, 0.4) is 0 Å². The molecule has 112 valence electrons. The van der Waals surface area contributed by atoms with Crippen molar-refractivity contribution in [1.29, 1.82) is 0 Å². The van der Waals surface area contributed by atoms with Gasteiger partial charge in [-0.25, -0.2) is 4.98 Å². The molecule has 20 heavy (non-hydrogen) atoms. The molecule has 0 unspecified atom stereocenters. The van der Waals surface area contributed by atoms with Gasteiger partial charge in [-0.3, -0.25) is 4.79 Å². The lowest BCUT2D eigenvalue weighted by Crippen LogP contribution is -2.44. The van der Waals surface area contributed by atoms with Gasteiger partial charge in [0.1, 0.15) is 0 Å². The minimum atomic E-state index is -0.00114. The van der Waals surface area contributed by atoms with Crippen molar-refractivity contribution in [3.8, 4) is 0 Å². The van der Waals surface area contributed by atoms with E-state index in [1.165, 1.54) is 0 Å². The molecule has 1 saturated heterocycles. The highest BCUT2D eigenvalue weighted by molar-refractivity contribution is 5.36. The van der Waals surface area contributed by atoms with E-state index >= 15 is 0 Å². The monoisotopic (exact) mass is 278 g/mol. The molecule has 1 aromatic rings. The van der Waals surface area contributed by atoms with Crippen LogP contribution in [0.25, 0.3) is 0 Å². The Hall–Kier alpha value is -1.36. The second-order valence-corrected chi connectivity index (χ2v) is 6.73. The van der Waals surface area contributed by atoms with Gasteiger partial charge in [-0.05, 0) is 46.1 Å². The Kier molecular flexibility index (Phi) is 4.48. The maximum Gasteiger partial charge on any atom is 0.293 e. The second-order valence-electron chi connectivity index (χ2n) is 6.73. The van der Waals surface area contributed by atoms with Gasteiger partial charge in [-0.1, -0.05) is 0 Å². The molecule has 1 fully saturated rings. The summed E-state index contributed by atoms with van der Waals surface area (Å²) >= 11 is 0. The number of rotatable bonds is 3. The fourth-order valence-corrected chi connectivity index (χ4v) is 2.50. The normalized spacial score (nSPS) is 17.5. The molecule has 5 nitrogen and oxygen atoms in total. The Morgan fingerprint density at radius 1 is 1.35 bits per heavy atom. The highest BCUT2D eigenvalue weighted by Gasteiger charge is 2.23. The summed E-state index contributed by atoms with van der Waals surface area (Å²) in [5.74, 6) is 1.29. The highest BCUT2D eigenvalue weighted by Crippen LogP contribution is 2.19. The van der Waals surface area contributed by atoms with Gasteiger partial charge in [0.15, 0.2) is 5.82 Å². The number of anilines is 1. The maximum atomic E-state index is 12.1. The maximum absolute atomic E-state index is 12.1. The van der Waals surface area contributed by atoms with Crippen LogP contribution in [0.2, 0.25) is 0 Å². The molecule has 0 spiro atoms. The standard InChI is InChI=1S/C15H26N4O/c1-15(2,3)17-11-12-5-8-19(9-6-12)13-14(20)18(4)10-7-16-13/h7,10,12,17H,5-6,8-9,11H2,1-4H3. The smallest absolute Gasteiger partial charge is 0.293 e. The van der Waals surface area contributed by atoms with Crippen LogP contribution in [0.1, 0.15) is 33.6 Å². The van der Waals surface area contributed by atoms with Gasteiger partial charge in [0, 0.05) is 38.1 Å². The molecular weight excluding hydrogens is 252 g/mol. The van der Waals surface area contributed by atoms with Crippen molar-refractivity contribution in [3.05, 3.63) is 22.7 Å². The van der Waals surface area contributed by atoms with E-state index in [9.17, 15) is 4.79 Å². The van der Waals surface area contributed by atoms with Crippen molar-refractivity contribution in [3.63, 3.8) is 0 Å². The van der Waals surface area contributed by atoms with Gasteiger partial charge in [-0.2, -0.15) is 0 Å². The lowest BCUT2D eigenvalue weighted by molar-refractivity contribution is 0.328. The summed E-state index contributed by atoms with van der Waals surface area (Å²) in [6.45, 7) is 9.47. The van der Waals surface area contributed by atoms with Gasteiger partial charge in [0.2, 0.25) is 0 Å². The van der Waals surface area contributed by atoms with E-state index in [0.717, 1.165) is 32.5 Å². The van der Waals surface area contributed by atoms with Crippen molar-refractivity contribution in [2.75, 3.05) is 24.5 Å². The molecule has 0 aliphatic carbocycles. The number of nitrogens with zero attached hydrogens (tertiary/aromatic N) is 3. The molecule has 0 amide bonds. The van der Waals surface area contributed by atoms with Crippen molar-refractivity contribution in [1.82, 2.24) is 14.9 Å². The van der Waals surface area contributed by atoms with E-state index in [0.29, 0.717) is 11.7 Å². The lowest BCUT2D eigenvalue weighted by atomic mass is 9.95. The summed E-state index contributed by atoms with van der Waals surface area (Å²) in [4.78, 5) is 18.4. The minimum absolute atomic E-state index is 0.00114. The quantitative estimate of drug-likeness (QED) is 0.907. The van der Waals surface area contributed by atoms with Crippen molar-refractivity contribution >= 4 is 5.82 Å². The molecule has 1 N–H and O–H groups in total. The minimum Gasteiger partial charge on any atom is -0.352 e. The fourth-order valence-electron chi connectivity index (χ4n) is 2.50. The largest absolute Gasteiger partial charge is 0.352 e. The van der Waals surface area contributed by atoms with Crippen LogP contribution in [-0.4, -0.2) is 34.7 Å². The SMILES string of the molecule is Cn1ccnc(N2CCC(CNC(C)(C)C)CC2)c1=O. The third kappa shape index (κ3) is 3.82. The average molecular weight is 278 g/mol. The van der Waals surface area contributed by atoms with Gasteiger partial charge < -0.3 is 14.8 Å². The molecule has 0 saturated carbocycles. The Bertz CT molecular complexity index is 495. The fraction of sp³-hybridized carbons (Fsp3) is 0.733. The van der Waals surface area contributed by atoms with Crippen LogP contribution in [-0.2, 0) is 7.05 Å². The van der Waals surface area contributed by atoms with Crippen LogP contribution in [0.4, 0.5) is 5.82 Å². The molecular formula is C15H26N4O. The molecule has 2 rings (SSSR count). The van der Waals surface area contributed by atoms with E-state index in [2.05, 4.69) is 36.0 Å². The third-order valence-corrected chi connectivity index (χ3v) is 3.83. The second kappa shape index (κ2) is 5.95. The average Bonchev–Trinajstić information content (AvgIpc) is 2.40. The molecule has 0 radical (unpaired) electrons. The predicted molar refractivity (Wildman–Crippen MR) is 82.2 cm³/mol. The van der Waals surface area contributed by atoms with E-state index in [-0.39, 0.29) is 11.1 Å². The van der Waals surface area contributed by atoms with E-state index in [1.807, 2.05) is 0 Å². The number of hydrogen-bond donors (Lipinski definition) is 1. The summed E-state index contributed by atoms with van der Waals surface area (Å²) < 4.78 is 1.59. The van der Waals surface area contributed by atoms with E-state index in [4.69, 9.17) is 0 Å². The third-order valence-electron chi connectivity index (χ3n) is 3.83. The van der Waals surface area contributed by atoms with Gasteiger partial charge >= 0.3 is 0 Å². The summed E-state index contributed by atoms with van der Waals surface area (Å²) in [5.41, 5.74) is 0.174. The molecule has 1 aliphatic heterocycles. The molecule has 5 heteroatoms. The van der Waals surface area contributed by atoms with Gasteiger partial charge in [0.25, 0.3) is 5.56 Å². The number of nitrogens with one attached hydrogen (secondary N) is 1. The number of aryl methyl sites for hydroxylation is 1. The summed E-state index contributed by atoms with van der Waals surface area (Å²) in [6, 6.07) is 0. The zero-order valence-corrected chi connectivity index (χ0v) is 13.0. The lowest BCUT2D eigenvalue weighted by Gasteiger charge is -2.34. The van der Waals surface area contributed by atoms with Crippen LogP contribution >= 0.6 is 0 Å². The van der Waals surface area contributed by atoms with E-state index < -0.39 is 0 Å². The van der Waals surface area contributed by atoms with E-state index in [1.54, 1.807) is 24.0 Å². The molecule has 0 bridgehead atoms. The summed E-state index contributed by atoms with van der Waals surface area (Å²) in [6.07, 6.45) is 5.63. The first-order valence-electron chi connectivity index (χ1n) is 7.38. The Balaban J connectivity index is 1.91. The van der Waals surface area contributed by atoms with Crippen molar-refractivity contribution in [2.45, 2.75) is 39.2 Å². The topological polar surface area (TPSA) is 50.2 Å². The molecule has 2 heterocycles. The number of hydrogen-bond acceptors (Lipinski definition) is 4. The molecule has 0 aromatic carbocycles. The molecule has 1 aliphatic rings. The Morgan fingerprint density at radius 2 is 2.00 bits per heavy atom.